The lowest BCUT2D eigenvalue weighted by Crippen LogP contribution is -2.21. The Morgan fingerprint density at radius 2 is 1.86 bits per heavy atom. The van der Waals surface area contributed by atoms with Crippen molar-refractivity contribution in [2.24, 2.45) is 0 Å². The first kappa shape index (κ1) is 23.7. The topological polar surface area (TPSA) is 127 Å². The largest absolute Gasteiger partial charge is 0.455 e. The lowest BCUT2D eigenvalue weighted by molar-refractivity contribution is 0.262. The highest BCUT2D eigenvalue weighted by molar-refractivity contribution is 5.99. The van der Waals surface area contributed by atoms with Crippen LogP contribution >= 0.6 is 0 Å². The van der Waals surface area contributed by atoms with Crippen molar-refractivity contribution in [3.05, 3.63) is 94.9 Å². The molecule has 5 aromatic rings. The fourth-order valence-electron chi connectivity index (χ4n) is 3.60. The second-order valence-electron chi connectivity index (χ2n) is 8.43. The second kappa shape index (κ2) is 9.90. The molecule has 0 bridgehead atoms. The van der Waals surface area contributed by atoms with E-state index >= 15 is 0 Å². The zero-order valence-corrected chi connectivity index (χ0v) is 19.9. The number of rotatable bonds is 6. The minimum Gasteiger partial charge on any atom is -0.455 e. The maximum absolute atomic E-state index is 14.9. The highest BCUT2D eigenvalue weighted by atomic mass is 19.1. The number of halogens is 1. The van der Waals surface area contributed by atoms with Gasteiger partial charge >= 0.3 is 6.03 Å². The zero-order chi connectivity index (χ0) is 25.9. The van der Waals surface area contributed by atoms with Crippen molar-refractivity contribution in [3.8, 4) is 17.2 Å². The van der Waals surface area contributed by atoms with E-state index in [2.05, 4.69) is 30.7 Å². The molecule has 0 aliphatic rings. The molecule has 5 rings (SSSR count). The molecule has 186 valence electrons. The first-order valence-electron chi connectivity index (χ1n) is 11.4. The molecule has 0 saturated heterocycles. The summed E-state index contributed by atoms with van der Waals surface area (Å²) in [5, 5.41) is 9.86. The lowest BCUT2D eigenvalue weighted by atomic mass is 10.1. The molecule has 0 aliphatic heterocycles. The fraction of sp³-hybridized carbons (Fsp3) is 0.115. The zero-order valence-electron chi connectivity index (χ0n) is 19.9. The Bertz CT molecular complexity index is 1650. The summed E-state index contributed by atoms with van der Waals surface area (Å²) in [6.45, 7) is 4.01. The molecule has 0 radical (unpaired) electrons. The van der Waals surface area contributed by atoms with Gasteiger partial charge in [-0.25, -0.2) is 23.8 Å². The van der Waals surface area contributed by atoms with Crippen LogP contribution in [0.25, 0.3) is 16.9 Å². The number of para-hydroxylation sites is 1. The molecule has 37 heavy (non-hydrogen) atoms. The molecule has 11 heteroatoms. The number of aromatic nitrogens is 5. The van der Waals surface area contributed by atoms with E-state index in [0.717, 1.165) is 23.6 Å². The number of urea groups is 1. The summed E-state index contributed by atoms with van der Waals surface area (Å²) in [4.78, 5) is 34.9. The number of carbonyl (C=O) groups excluding carboxylic acids is 1. The van der Waals surface area contributed by atoms with Crippen LogP contribution in [0.1, 0.15) is 25.5 Å². The Labute approximate surface area is 210 Å². The number of benzene rings is 2. The number of aromatic amines is 1. The third-order valence-corrected chi connectivity index (χ3v) is 5.42. The van der Waals surface area contributed by atoms with Gasteiger partial charge in [0.25, 0.3) is 5.56 Å². The van der Waals surface area contributed by atoms with E-state index in [-0.39, 0.29) is 28.8 Å². The minimum atomic E-state index is -0.702. The summed E-state index contributed by atoms with van der Waals surface area (Å²) in [5.74, 6) is 0.350. The maximum Gasteiger partial charge on any atom is 0.324 e. The molecule has 0 aliphatic carbocycles. The summed E-state index contributed by atoms with van der Waals surface area (Å²) in [6, 6.07) is 16.1. The molecule has 0 spiro atoms. The van der Waals surface area contributed by atoms with E-state index in [1.165, 1.54) is 18.3 Å². The van der Waals surface area contributed by atoms with Crippen LogP contribution in [-0.2, 0) is 0 Å². The molecular weight excluding hydrogens is 477 g/mol. The van der Waals surface area contributed by atoms with Crippen molar-refractivity contribution < 1.29 is 13.9 Å². The van der Waals surface area contributed by atoms with Gasteiger partial charge in [0.15, 0.2) is 11.4 Å². The first-order valence-corrected chi connectivity index (χ1v) is 11.4. The van der Waals surface area contributed by atoms with E-state index < -0.39 is 17.4 Å². The summed E-state index contributed by atoms with van der Waals surface area (Å²) in [5.41, 5.74) is 1.70. The van der Waals surface area contributed by atoms with Crippen LogP contribution in [0.3, 0.4) is 0 Å². The van der Waals surface area contributed by atoms with Crippen molar-refractivity contribution in [1.82, 2.24) is 24.7 Å². The van der Waals surface area contributed by atoms with Crippen LogP contribution in [0.2, 0.25) is 0 Å². The predicted octanol–water partition coefficient (Wildman–Crippen LogP) is 5.20. The van der Waals surface area contributed by atoms with Gasteiger partial charge in [-0.2, -0.15) is 5.10 Å². The Hall–Kier alpha value is -5.06. The summed E-state index contributed by atoms with van der Waals surface area (Å²) >= 11 is 0. The molecule has 0 atom stereocenters. The van der Waals surface area contributed by atoms with Crippen LogP contribution in [0.15, 0.2) is 77.9 Å². The van der Waals surface area contributed by atoms with Gasteiger partial charge in [-0.15, -0.1) is 0 Å². The van der Waals surface area contributed by atoms with Gasteiger partial charge in [0, 0.05) is 24.4 Å². The number of nitrogens with one attached hydrogen (secondary N) is 3. The van der Waals surface area contributed by atoms with Gasteiger partial charge in [-0.05, 0) is 30.2 Å². The third kappa shape index (κ3) is 5.15. The minimum absolute atomic E-state index is 0.0400. The Kier molecular flexibility index (Phi) is 6.33. The molecule has 0 fully saturated rings. The molecule has 10 nitrogen and oxygen atoms in total. The number of H-pyrrole nitrogens is 1. The quantitative estimate of drug-likeness (QED) is 0.295. The average molecular weight is 500 g/mol. The first-order chi connectivity index (χ1) is 17.9. The maximum atomic E-state index is 14.9. The van der Waals surface area contributed by atoms with Crippen LogP contribution in [0.4, 0.5) is 20.7 Å². The van der Waals surface area contributed by atoms with Crippen LogP contribution < -0.4 is 20.9 Å². The molecule has 2 aromatic carbocycles. The summed E-state index contributed by atoms with van der Waals surface area (Å²) in [7, 11) is 0. The average Bonchev–Trinajstić information content (AvgIpc) is 3.30. The lowest BCUT2D eigenvalue weighted by Gasteiger charge is -2.12. The van der Waals surface area contributed by atoms with Crippen molar-refractivity contribution in [3.63, 3.8) is 0 Å². The molecule has 3 heterocycles. The number of nitrogens with zero attached hydrogens (tertiary/aromatic N) is 4. The van der Waals surface area contributed by atoms with Gasteiger partial charge < -0.3 is 15.0 Å². The smallest absolute Gasteiger partial charge is 0.324 e. The number of anilines is 2. The van der Waals surface area contributed by atoms with Crippen LogP contribution in [-0.4, -0.2) is 30.8 Å². The van der Waals surface area contributed by atoms with E-state index in [0.29, 0.717) is 11.3 Å². The van der Waals surface area contributed by atoms with Crippen molar-refractivity contribution >= 4 is 28.7 Å². The fourth-order valence-corrected chi connectivity index (χ4v) is 3.60. The number of amides is 2. The second-order valence-corrected chi connectivity index (χ2v) is 8.43. The van der Waals surface area contributed by atoms with Crippen LogP contribution in [0, 0.1) is 5.82 Å². The highest BCUT2D eigenvalue weighted by Crippen LogP contribution is 2.29. The number of ether oxygens (including phenoxy) is 1. The van der Waals surface area contributed by atoms with Crippen LogP contribution in [0.5, 0.6) is 11.5 Å². The van der Waals surface area contributed by atoms with E-state index in [4.69, 9.17) is 4.74 Å². The molecule has 3 aromatic heterocycles. The predicted molar refractivity (Wildman–Crippen MR) is 137 cm³/mol. The Morgan fingerprint density at radius 1 is 1.05 bits per heavy atom. The van der Waals surface area contributed by atoms with Gasteiger partial charge in [0.2, 0.25) is 0 Å². The molecule has 3 N–H and O–H groups in total. The van der Waals surface area contributed by atoms with Crippen molar-refractivity contribution in [1.29, 1.82) is 0 Å². The summed E-state index contributed by atoms with van der Waals surface area (Å²) in [6.07, 6.45) is 2.55. The van der Waals surface area contributed by atoms with E-state index in [1.807, 2.05) is 44.2 Å². The number of pyridine rings is 1. The standard InChI is InChI=1S/C26H22FN7O3/c1-15(2)20-13-22(34(33-20)16-6-4-3-5-7-16)31-26(36)30-19-9-8-17(12-18(19)27)37-21-10-11-28-25-24(21)29-14-23(35)32-25/h3-15H,1-2H3,(H,28,32,35)(H2,30,31,36). The van der Waals surface area contributed by atoms with Crippen molar-refractivity contribution in [2.75, 3.05) is 10.6 Å². The van der Waals surface area contributed by atoms with E-state index in [1.54, 1.807) is 16.8 Å². The third-order valence-electron chi connectivity index (χ3n) is 5.42. The van der Waals surface area contributed by atoms with Gasteiger partial charge in [0.05, 0.1) is 23.3 Å². The highest BCUT2D eigenvalue weighted by Gasteiger charge is 2.16. The van der Waals surface area contributed by atoms with Crippen molar-refractivity contribution in [2.45, 2.75) is 19.8 Å². The van der Waals surface area contributed by atoms with E-state index in [9.17, 15) is 14.0 Å². The Balaban J connectivity index is 1.33. The number of hydrogen-bond acceptors (Lipinski definition) is 6. The normalized spacial score (nSPS) is 11.0. The van der Waals surface area contributed by atoms with Gasteiger partial charge in [-0.3, -0.25) is 10.1 Å². The molecule has 2 amide bonds. The SMILES string of the molecule is CC(C)c1cc(NC(=O)Nc2ccc(Oc3ccnc4[nH]c(=O)cnc34)cc2F)n(-c2ccccc2)n1. The summed E-state index contributed by atoms with van der Waals surface area (Å²) < 4.78 is 22.2. The molecular formula is C26H22FN7O3. The number of fused-ring (bicyclic) bond motifs is 1. The number of carbonyl (C=O) groups is 1. The Morgan fingerprint density at radius 3 is 2.62 bits per heavy atom. The monoisotopic (exact) mass is 499 g/mol. The molecule has 0 unspecified atom stereocenters. The number of hydrogen-bond donors (Lipinski definition) is 3. The van der Waals surface area contributed by atoms with Gasteiger partial charge in [-0.1, -0.05) is 32.0 Å². The van der Waals surface area contributed by atoms with Gasteiger partial charge in [0.1, 0.15) is 22.9 Å². The molecule has 0 saturated carbocycles.